The van der Waals surface area contributed by atoms with Crippen LogP contribution in [0.4, 0.5) is 0 Å². The Bertz CT molecular complexity index is 579. The molecule has 19 heavy (non-hydrogen) atoms. The van der Waals surface area contributed by atoms with Crippen LogP contribution in [0.15, 0.2) is 50.9 Å². The van der Waals surface area contributed by atoms with Crippen molar-refractivity contribution in [3.8, 4) is 0 Å². The van der Waals surface area contributed by atoms with E-state index < -0.39 is 10.0 Å². The van der Waals surface area contributed by atoms with Crippen LogP contribution in [0.1, 0.15) is 19.3 Å². The number of halogens is 1. The van der Waals surface area contributed by atoms with Gasteiger partial charge in [-0.05, 0) is 49.4 Å². The summed E-state index contributed by atoms with van der Waals surface area (Å²) in [7, 11) is -3.56. The fourth-order valence-corrected chi connectivity index (χ4v) is 2.89. The molecule has 0 aliphatic heterocycles. The molecule has 0 fully saturated rings. The van der Waals surface area contributed by atoms with Gasteiger partial charge in [-0.2, -0.15) is 13.5 Å². The lowest BCUT2D eigenvalue weighted by molar-refractivity contribution is 0.582. The summed E-state index contributed by atoms with van der Waals surface area (Å²) in [5, 5.41) is 3.86. The van der Waals surface area contributed by atoms with E-state index in [1.807, 2.05) is 0 Å². The summed E-state index contributed by atoms with van der Waals surface area (Å²) < 4.78 is 24.7. The monoisotopic (exact) mass is 342 g/mol. The summed E-state index contributed by atoms with van der Waals surface area (Å²) in [4.78, 5) is 2.45. The largest absolute Gasteiger partial charge is 0.276 e. The summed E-state index contributed by atoms with van der Waals surface area (Å²) in [6.07, 6.45) is 8.87. The quantitative estimate of drug-likeness (QED) is 0.519. The van der Waals surface area contributed by atoms with Crippen LogP contribution in [0.3, 0.4) is 0 Å². The van der Waals surface area contributed by atoms with Gasteiger partial charge in [-0.15, -0.1) is 0 Å². The first-order valence-electron chi connectivity index (χ1n) is 6.03. The van der Waals surface area contributed by atoms with Crippen molar-refractivity contribution < 1.29 is 8.42 Å². The lowest BCUT2D eigenvalue weighted by Gasteiger charge is -2.12. The smallest absolute Gasteiger partial charge is 0.200 e. The molecule has 1 N–H and O–H groups in total. The van der Waals surface area contributed by atoms with E-state index in [1.54, 1.807) is 18.3 Å². The van der Waals surface area contributed by atoms with Crippen molar-refractivity contribution in [2.24, 2.45) is 11.0 Å². The molecule has 0 aromatic heterocycles. The Morgan fingerprint density at radius 2 is 2.00 bits per heavy atom. The van der Waals surface area contributed by atoms with Gasteiger partial charge < -0.3 is 0 Å². The van der Waals surface area contributed by atoms with Gasteiger partial charge in [-0.25, -0.2) is 4.83 Å². The SMILES string of the molecule is O=S(=O)(NN=CC1CC=CCC1)c1ccc(Br)cc1. The number of rotatable bonds is 4. The number of nitrogens with zero attached hydrogens (tertiary/aromatic N) is 1. The van der Waals surface area contributed by atoms with Crippen LogP contribution < -0.4 is 4.83 Å². The highest BCUT2D eigenvalue weighted by atomic mass is 79.9. The molecule has 0 saturated carbocycles. The average Bonchev–Trinajstić information content (AvgIpc) is 2.40. The van der Waals surface area contributed by atoms with E-state index in [9.17, 15) is 8.42 Å². The maximum atomic E-state index is 11.9. The molecule has 1 aliphatic carbocycles. The maximum Gasteiger partial charge on any atom is 0.276 e. The minimum atomic E-state index is -3.56. The minimum Gasteiger partial charge on any atom is -0.200 e. The van der Waals surface area contributed by atoms with E-state index in [1.165, 1.54) is 12.1 Å². The Labute approximate surface area is 121 Å². The summed E-state index contributed by atoms with van der Waals surface area (Å²) in [6.45, 7) is 0. The molecule has 4 nitrogen and oxygen atoms in total. The molecule has 0 spiro atoms. The first-order chi connectivity index (χ1) is 9.08. The van der Waals surface area contributed by atoms with Crippen molar-refractivity contribution in [3.05, 3.63) is 40.9 Å². The van der Waals surface area contributed by atoms with Gasteiger partial charge in [-0.1, -0.05) is 28.1 Å². The fraction of sp³-hybridized carbons (Fsp3) is 0.308. The number of hydrogen-bond donors (Lipinski definition) is 1. The maximum absolute atomic E-state index is 11.9. The highest BCUT2D eigenvalue weighted by Crippen LogP contribution is 2.16. The van der Waals surface area contributed by atoms with Crippen LogP contribution >= 0.6 is 15.9 Å². The molecule has 2 rings (SSSR count). The zero-order chi connectivity index (χ0) is 13.7. The van der Waals surface area contributed by atoms with Gasteiger partial charge in [0.25, 0.3) is 10.0 Å². The number of hydrogen-bond acceptors (Lipinski definition) is 3. The van der Waals surface area contributed by atoms with E-state index in [-0.39, 0.29) is 4.90 Å². The van der Waals surface area contributed by atoms with Gasteiger partial charge in [0, 0.05) is 10.7 Å². The minimum absolute atomic E-state index is 0.205. The van der Waals surface area contributed by atoms with Crippen LogP contribution in [0, 0.1) is 5.92 Å². The van der Waals surface area contributed by atoms with Crippen molar-refractivity contribution in [1.82, 2.24) is 4.83 Å². The highest BCUT2D eigenvalue weighted by Gasteiger charge is 2.12. The fourth-order valence-electron chi connectivity index (χ4n) is 1.82. The second kappa shape index (κ2) is 6.34. The number of benzene rings is 1. The molecule has 1 aromatic carbocycles. The molecule has 1 unspecified atom stereocenters. The lowest BCUT2D eigenvalue weighted by Crippen LogP contribution is -2.19. The van der Waals surface area contributed by atoms with Crippen LogP contribution in [0.5, 0.6) is 0 Å². The van der Waals surface area contributed by atoms with Gasteiger partial charge in [0.15, 0.2) is 0 Å². The van der Waals surface area contributed by atoms with E-state index in [0.717, 1.165) is 23.7 Å². The van der Waals surface area contributed by atoms with Crippen molar-refractivity contribution in [2.45, 2.75) is 24.2 Å². The number of hydrazone groups is 1. The summed E-state index contributed by atoms with van der Waals surface area (Å²) in [5.41, 5.74) is 0. The standard InChI is InChI=1S/C13H15BrN2O2S/c14-12-6-8-13(9-7-12)19(17,18)16-15-10-11-4-2-1-3-5-11/h1-2,6-11,16H,3-5H2. The molecule has 0 heterocycles. The molecule has 0 amide bonds. The van der Waals surface area contributed by atoms with Crippen molar-refractivity contribution in [1.29, 1.82) is 0 Å². The Kier molecular flexibility index (Phi) is 4.76. The van der Waals surface area contributed by atoms with E-state index in [0.29, 0.717) is 5.92 Å². The van der Waals surface area contributed by atoms with Crippen molar-refractivity contribution >= 4 is 32.2 Å². The first-order valence-corrected chi connectivity index (χ1v) is 8.31. The Balaban J connectivity index is 1.99. The molecule has 1 atom stereocenters. The molecule has 102 valence electrons. The summed E-state index contributed by atoms with van der Waals surface area (Å²) in [5.74, 6) is 0.317. The third-order valence-electron chi connectivity index (χ3n) is 2.89. The van der Waals surface area contributed by atoms with Crippen LogP contribution in [-0.2, 0) is 10.0 Å². The van der Waals surface area contributed by atoms with Gasteiger partial charge in [0.1, 0.15) is 0 Å². The molecular weight excluding hydrogens is 328 g/mol. The summed E-state index contributed by atoms with van der Waals surface area (Å²) in [6, 6.07) is 6.44. The highest BCUT2D eigenvalue weighted by molar-refractivity contribution is 9.10. The van der Waals surface area contributed by atoms with E-state index in [2.05, 4.69) is 38.0 Å². The topological polar surface area (TPSA) is 58.5 Å². The van der Waals surface area contributed by atoms with Crippen LogP contribution in [-0.4, -0.2) is 14.6 Å². The Hall–Kier alpha value is -1.14. The van der Waals surface area contributed by atoms with Crippen molar-refractivity contribution in [3.63, 3.8) is 0 Å². The van der Waals surface area contributed by atoms with Crippen LogP contribution in [0.25, 0.3) is 0 Å². The normalized spacial score (nSPS) is 19.7. The summed E-state index contributed by atoms with van der Waals surface area (Å²) >= 11 is 3.27. The third-order valence-corrected chi connectivity index (χ3v) is 4.66. The Morgan fingerprint density at radius 1 is 1.26 bits per heavy atom. The molecule has 1 aromatic rings. The lowest BCUT2D eigenvalue weighted by atomic mass is 9.96. The zero-order valence-electron chi connectivity index (χ0n) is 10.3. The predicted octanol–water partition coefficient (Wildman–Crippen LogP) is 3.07. The molecule has 1 aliphatic rings. The molecule has 6 heteroatoms. The van der Waals surface area contributed by atoms with Crippen molar-refractivity contribution in [2.75, 3.05) is 0 Å². The Morgan fingerprint density at radius 3 is 2.63 bits per heavy atom. The van der Waals surface area contributed by atoms with Gasteiger partial charge in [0.2, 0.25) is 0 Å². The third kappa shape index (κ3) is 4.18. The average molecular weight is 343 g/mol. The molecule has 0 bridgehead atoms. The molecular formula is C13H15BrN2O2S. The molecule has 0 saturated heterocycles. The van der Waals surface area contributed by atoms with E-state index >= 15 is 0 Å². The predicted molar refractivity (Wildman–Crippen MR) is 79.4 cm³/mol. The van der Waals surface area contributed by atoms with E-state index in [4.69, 9.17) is 0 Å². The first kappa shape index (κ1) is 14.3. The van der Waals surface area contributed by atoms with Gasteiger partial charge in [-0.3, -0.25) is 0 Å². The zero-order valence-corrected chi connectivity index (χ0v) is 12.7. The molecule has 0 radical (unpaired) electrons. The number of sulfonamides is 1. The number of nitrogens with one attached hydrogen (secondary N) is 1. The van der Waals surface area contributed by atoms with Gasteiger partial charge >= 0.3 is 0 Å². The number of allylic oxidation sites excluding steroid dienone is 2. The second-order valence-electron chi connectivity index (χ2n) is 4.37. The van der Waals surface area contributed by atoms with Crippen LogP contribution in [0.2, 0.25) is 0 Å². The second-order valence-corrected chi connectivity index (χ2v) is 6.95. The van der Waals surface area contributed by atoms with Gasteiger partial charge in [0.05, 0.1) is 4.90 Å².